The summed E-state index contributed by atoms with van der Waals surface area (Å²) < 4.78 is 0. The van der Waals surface area contributed by atoms with Gasteiger partial charge in [-0.1, -0.05) is 38.1 Å². The fraction of sp³-hybridized carbons (Fsp3) is 0.294. The minimum absolute atomic E-state index is 0.347. The second-order valence-electron chi connectivity index (χ2n) is 5.58. The van der Waals surface area contributed by atoms with Gasteiger partial charge in [-0.15, -0.1) is 0 Å². The first-order valence-electron chi connectivity index (χ1n) is 7.16. The highest BCUT2D eigenvalue weighted by atomic mass is 16.7. The Morgan fingerprint density at radius 3 is 2.76 bits per heavy atom. The zero-order valence-corrected chi connectivity index (χ0v) is 12.2. The highest BCUT2D eigenvalue weighted by Gasteiger charge is 2.13. The van der Waals surface area contributed by atoms with Crippen molar-refractivity contribution in [3.8, 4) is 0 Å². The molecule has 21 heavy (non-hydrogen) atoms. The summed E-state index contributed by atoms with van der Waals surface area (Å²) in [5.74, 6) is 1.25. The first-order chi connectivity index (χ1) is 10.2. The van der Waals surface area contributed by atoms with Crippen molar-refractivity contribution in [1.82, 2.24) is 4.98 Å². The van der Waals surface area contributed by atoms with Gasteiger partial charge in [0, 0.05) is 12.4 Å². The molecule has 108 valence electrons. The first kappa shape index (κ1) is 13.6. The van der Waals surface area contributed by atoms with Crippen molar-refractivity contribution in [3.63, 3.8) is 0 Å². The molecular formula is C17H18N3O-. The summed E-state index contributed by atoms with van der Waals surface area (Å²) in [6.45, 7) is 4.43. The first-order valence-corrected chi connectivity index (χ1v) is 7.16. The van der Waals surface area contributed by atoms with Crippen molar-refractivity contribution in [2.24, 2.45) is 11.1 Å². The Balaban J connectivity index is 1.73. The predicted octanol–water partition coefficient (Wildman–Crippen LogP) is 4.04. The van der Waals surface area contributed by atoms with Gasteiger partial charge in [-0.25, -0.2) is 0 Å². The van der Waals surface area contributed by atoms with E-state index in [0.29, 0.717) is 11.8 Å². The summed E-state index contributed by atoms with van der Waals surface area (Å²) in [6, 6.07) is 12.1. The molecule has 0 amide bonds. The molecule has 0 saturated heterocycles. The van der Waals surface area contributed by atoms with E-state index in [-0.39, 0.29) is 6.23 Å². The maximum Gasteiger partial charge on any atom is 0.136 e. The van der Waals surface area contributed by atoms with Gasteiger partial charge in [-0.3, -0.25) is 10.1 Å². The molecule has 1 unspecified atom stereocenters. The van der Waals surface area contributed by atoms with Crippen molar-refractivity contribution in [2.45, 2.75) is 26.5 Å². The normalized spacial score (nSPS) is 17.3. The number of benzene rings is 1. The lowest BCUT2D eigenvalue weighted by Gasteiger charge is -2.19. The van der Waals surface area contributed by atoms with Crippen LogP contribution in [0.1, 0.15) is 36.8 Å². The number of hydrogen-bond donors (Lipinski definition) is 0. The van der Waals surface area contributed by atoms with Crippen molar-refractivity contribution in [1.29, 1.82) is 0 Å². The standard InChI is InChI=1S/C17H18N3O/c1-12(2)10-13-4-3-5-15(11-13)17-19-16(20-21-17)14-6-8-18-9-7-14/h3-9,11-12,17H,10H2,1-2H3/q-1. The van der Waals surface area contributed by atoms with Crippen LogP contribution in [0.2, 0.25) is 0 Å². The molecule has 0 saturated carbocycles. The summed E-state index contributed by atoms with van der Waals surface area (Å²) in [5.41, 5.74) is 3.27. The molecule has 0 radical (unpaired) electrons. The zero-order valence-electron chi connectivity index (χ0n) is 12.2. The molecule has 4 nitrogen and oxygen atoms in total. The van der Waals surface area contributed by atoms with Crippen LogP contribution >= 0.6 is 0 Å². The molecule has 1 aliphatic heterocycles. The van der Waals surface area contributed by atoms with Crippen molar-refractivity contribution in [2.75, 3.05) is 0 Å². The molecular weight excluding hydrogens is 262 g/mol. The van der Waals surface area contributed by atoms with E-state index in [1.165, 1.54) is 5.56 Å². The Morgan fingerprint density at radius 2 is 2.00 bits per heavy atom. The molecule has 1 aliphatic rings. The maximum absolute atomic E-state index is 5.47. The number of hydrogen-bond acceptors (Lipinski definition) is 3. The van der Waals surface area contributed by atoms with Gasteiger partial charge in [0.2, 0.25) is 0 Å². The number of oxime groups is 1. The fourth-order valence-corrected chi connectivity index (χ4v) is 2.37. The van der Waals surface area contributed by atoms with Gasteiger partial charge in [-0.05, 0) is 47.0 Å². The second kappa shape index (κ2) is 5.95. The lowest BCUT2D eigenvalue weighted by atomic mass is 10.0. The molecule has 0 aliphatic carbocycles. The Labute approximate surface area is 124 Å². The number of aromatic nitrogens is 1. The fourth-order valence-electron chi connectivity index (χ4n) is 2.37. The summed E-state index contributed by atoms with van der Waals surface area (Å²) >= 11 is 0. The number of pyridine rings is 1. The Morgan fingerprint density at radius 1 is 1.19 bits per heavy atom. The third-order valence-corrected chi connectivity index (χ3v) is 3.30. The van der Waals surface area contributed by atoms with E-state index in [4.69, 9.17) is 4.84 Å². The lowest BCUT2D eigenvalue weighted by Crippen LogP contribution is -2.01. The van der Waals surface area contributed by atoms with Crippen LogP contribution in [0.5, 0.6) is 0 Å². The van der Waals surface area contributed by atoms with Crippen molar-refractivity contribution >= 4 is 5.84 Å². The van der Waals surface area contributed by atoms with Gasteiger partial charge >= 0.3 is 0 Å². The Bertz CT molecular complexity index is 637. The highest BCUT2D eigenvalue weighted by Crippen LogP contribution is 2.32. The average molecular weight is 280 g/mol. The SMILES string of the molecule is CC(C)Cc1cccc(C2[N-]C(c3ccncc3)=NO2)c1. The molecule has 0 fully saturated rings. The van der Waals surface area contributed by atoms with Gasteiger partial charge < -0.3 is 10.2 Å². The van der Waals surface area contributed by atoms with E-state index in [9.17, 15) is 0 Å². The Kier molecular flexibility index (Phi) is 3.86. The van der Waals surface area contributed by atoms with Crippen LogP contribution < -0.4 is 0 Å². The minimum atomic E-state index is -0.347. The van der Waals surface area contributed by atoms with Crippen molar-refractivity contribution < 1.29 is 4.84 Å². The number of rotatable bonds is 4. The zero-order chi connectivity index (χ0) is 14.7. The van der Waals surface area contributed by atoms with E-state index in [1.54, 1.807) is 12.4 Å². The van der Waals surface area contributed by atoms with E-state index in [2.05, 4.69) is 47.5 Å². The molecule has 0 N–H and O–H groups in total. The molecule has 4 heteroatoms. The van der Waals surface area contributed by atoms with Gasteiger partial charge in [0.15, 0.2) is 0 Å². The van der Waals surface area contributed by atoms with Crippen LogP contribution in [0.25, 0.3) is 5.32 Å². The van der Waals surface area contributed by atoms with Crippen LogP contribution in [0.3, 0.4) is 0 Å². The van der Waals surface area contributed by atoms with Crippen LogP contribution in [0.4, 0.5) is 0 Å². The van der Waals surface area contributed by atoms with Gasteiger partial charge in [0.1, 0.15) is 6.23 Å². The van der Waals surface area contributed by atoms with Crippen LogP contribution in [0.15, 0.2) is 53.9 Å². The molecule has 2 heterocycles. The smallest absolute Gasteiger partial charge is 0.136 e. The molecule has 0 spiro atoms. The molecule has 1 aromatic carbocycles. The van der Waals surface area contributed by atoms with Gasteiger partial charge in [-0.2, -0.15) is 0 Å². The van der Waals surface area contributed by atoms with Crippen LogP contribution in [0, 0.1) is 5.92 Å². The summed E-state index contributed by atoms with van der Waals surface area (Å²) in [5, 5.41) is 8.63. The Hall–Kier alpha value is -2.36. The van der Waals surface area contributed by atoms with E-state index >= 15 is 0 Å². The second-order valence-corrected chi connectivity index (χ2v) is 5.58. The monoisotopic (exact) mass is 280 g/mol. The van der Waals surface area contributed by atoms with E-state index in [0.717, 1.165) is 17.5 Å². The molecule has 3 rings (SSSR count). The molecule has 0 bridgehead atoms. The quantitative estimate of drug-likeness (QED) is 0.848. The number of nitrogens with zero attached hydrogens (tertiary/aromatic N) is 3. The average Bonchev–Trinajstić information content (AvgIpc) is 2.98. The van der Waals surface area contributed by atoms with Crippen molar-refractivity contribution in [3.05, 3.63) is 70.8 Å². The summed E-state index contributed by atoms with van der Waals surface area (Å²) in [4.78, 5) is 9.46. The third kappa shape index (κ3) is 3.21. The maximum atomic E-state index is 5.47. The lowest BCUT2D eigenvalue weighted by molar-refractivity contribution is 0.105. The van der Waals surface area contributed by atoms with Gasteiger partial charge in [0.25, 0.3) is 0 Å². The largest absolute Gasteiger partial charge is 0.485 e. The van der Waals surface area contributed by atoms with Crippen LogP contribution in [-0.2, 0) is 11.3 Å². The molecule has 1 atom stereocenters. The topological polar surface area (TPSA) is 48.6 Å². The summed E-state index contributed by atoms with van der Waals surface area (Å²) in [7, 11) is 0. The van der Waals surface area contributed by atoms with Crippen LogP contribution in [-0.4, -0.2) is 10.8 Å². The highest BCUT2D eigenvalue weighted by molar-refractivity contribution is 6.08. The minimum Gasteiger partial charge on any atom is -0.485 e. The molecule has 2 aromatic rings. The van der Waals surface area contributed by atoms with E-state index < -0.39 is 0 Å². The van der Waals surface area contributed by atoms with E-state index in [1.807, 2.05) is 18.2 Å². The molecule has 1 aromatic heterocycles. The summed E-state index contributed by atoms with van der Waals surface area (Å²) in [6.07, 6.45) is 4.16. The van der Waals surface area contributed by atoms with Gasteiger partial charge in [0.05, 0.1) is 0 Å². The predicted molar refractivity (Wildman–Crippen MR) is 82.9 cm³/mol. The third-order valence-electron chi connectivity index (χ3n) is 3.30. The number of amidine groups is 1.